The van der Waals surface area contributed by atoms with E-state index in [1.165, 1.54) is 109 Å². The standard InChI is InChI=1S/C69H125N3O26/c1-5-6-7-8-9-10-11-12-13-14-15-16-17-18-19-20-21-22-27-30-33-36-48(78)64(88)71-46(47(77)35-32-29-26-24-23-25-28-31-34-44(2)3)42-93-65-61(87)60(86)59(85)53(95-65)43-94-68(66(89)90)38-52(56(70-45(4)76)63(97-68)58(84)51(81)40-74)96-69(67(91)92)37-49(79)55(72-54(82)41-75)62(98-69)57(83)50(80)39-73/h32,35,44,46-53,55-63,65,73-75,77-81,83-87H,5-31,33-34,36-43H2,1-4H3,(H,70,76)(H,71,88)(H,72,82)(H,89,90)(H,91,92). The van der Waals surface area contributed by atoms with Crippen molar-refractivity contribution in [3.05, 3.63) is 12.2 Å². The third-order valence-corrected chi connectivity index (χ3v) is 18.7. The molecule has 0 aliphatic carbocycles. The molecule has 98 heavy (non-hydrogen) atoms. The van der Waals surface area contributed by atoms with Gasteiger partial charge in [-0.2, -0.15) is 0 Å². The predicted octanol–water partition coefficient (Wildman–Crippen LogP) is 2.26. The van der Waals surface area contributed by atoms with Crippen LogP contribution in [-0.2, 0) is 52.4 Å². The fourth-order valence-corrected chi connectivity index (χ4v) is 12.8. The number of unbranched alkanes of at least 4 members (excludes halogenated alkanes) is 26. The van der Waals surface area contributed by atoms with Gasteiger partial charge in [0, 0.05) is 19.8 Å². The summed E-state index contributed by atoms with van der Waals surface area (Å²) in [6.45, 7) is 2.10. The van der Waals surface area contributed by atoms with E-state index in [1.807, 2.05) is 0 Å². The maximum Gasteiger partial charge on any atom is 0.364 e. The summed E-state index contributed by atoms with van der Waals surface area (Å²) in [7, 11) is 0. The van der Waals surface area contributed by atoms with Gasteiger partial charge in [0.2, 0.25) is 17.7 Å². The Labute approximate surface area is 578 Å². The van der Waals surface area contributed by atoms with Crippen molar-refractivity contribution < 1.29 is 129 Å². The van der Waals surface area contributed by atoms with Crippen molar-refractivity contribution in [1.82, 2.24) is 16.0 Å². The van der Waals surface area contributed by atoms with E-state index in [4.69, 9.17) is 28.4 Å². The van der Waals surface area contributed by atoms with Gasteiger partial charge < -0.3 is 121 Å². The van der Waals surface area contributed by atoms with Crippen LogP contribution in [-0.4, -0.2) is 261 Å². The van der Waals surface area contributed by atoms with Crippen LogP contribution in [0.2, 0.25) is 0 Å². The van der Waals surface area contributed by atoms with E-state index in [0.29, 0.717) is 18.8 Å². The Hall–Kier alpha value is -3.67. The fraction of sp³-hybridized carbons (Fsp3) is 0.899. The number of ether oxygens (including phenoxy) is 6. The quantitative estimate of drug-likeness (QED) is 0.0307. The molecule has 0 aromatic carbocycles. The van der Waals surface area contributed by atoms with Gasteiger partial charge in [-0.3, -0.25) is 14.4 Å². The first kappa shape index (κ1) is 88.5. The van der Waals surface area contributed by atoms with Crippen LogP contribution in [0.15, 0.2) is 12.2 Å². The number of carboxylic acid groups (broad SMARTS) is 2. The molecule has 18 N–H and O–H groups in total. The zero-order chi connectivity index (χ0) is 72.8. The van der Waals surface area contributed by atoms with Crippen LogP contribution < -0.4 is 16.0 Å². The molecule has 572 valence electrons. The summed E-state index contributed by atoms with van der Waals surface area (Å²) in [6.07, 6.45) is 2.87. The molecule has 0 saturated carbocycles. The van der Waals surface area contributed by atoms with Gasteiger partial charge in [0.25, 0.3) is 11.6 Å². The highest BCUT2D eigenvalue weighted by atomic mass is 16.8. The number of rotatable bonds is 54. The van der Waals surface area contributed by atoms with Crippen LogP contribution in [0.25, 0.3) is 0 Å². The van der Waals surface area contributed by atoms with Gasteiger partial charge in [0.1, 0.15) is 73.8 Å². The number of amides is 3. The lowest BCUT2D eigenvalue weighted by Gasteiger charge is -2.52. The van der Waals surface area contributed by atoms with Crippen molar-refractivity contribution in [2.45, 2.75) is 355 Å². The molecule has 3 rings (SSSR count). The minimum atomic E-state index is -3.31. The number of aliphatic hydroxyl groups is 13. The number of allylic oxidation sites excluding steroid dienone is 1. The lowest BCUT2D eigenvalue weighted by atomic mass is 9.86. The molecule has 3 fully saturated rings. The molecule has 0 aromatic heterocycles. The molecule has 20 unspecified atom stereocenters. The molecule has 0 bridgehead atoms. The molecule has 3 aliphatic heterocycles. The van der Waals surface area contributed by atoms with Crippen molar-refractivity contribution >= 4 is 29.7 Å². The van der Waals surface area contributed by atoms with Gasteiger partial charge in [-0.15, -0.1) is 0 Å². The number of nitrogens with one attached hydrogen (secondary N) is 3. The van der Waals surface area contributed by atoms with Gasteiger partial charge >= 0.3 is 11.9 Å². The number of aliphatic hydroxyl groups excluding tert-OH is 13. The normalized spacial score (nSPS) is 28.2. The van der Waals surface area contributed by atoms with E-state index < -0.39 is 197 Å². The summed E-state index contributed by atoms with van der Waals surface area (Å²) in [5, 5.41) is 169. The summed E-state index contributed by atoms with van der Waals surface area (Å²) in [6, 6.07) is -5.14. The Morgan fingerprint density at radius 2 is 1.05 bits per heavy atom. The molecule has 0 radical (unpaired) electrons. The molecule has 0 spiro atoms. The summed E-state index contributed by atoms with van der Waals surface area (Å²) >= 11 is 0. The number of carbonyl (C=O) groups excluding carboxylic acids is 3. The zero-order valence-corrected chi connectivity index (χ0v) is 58.5. The summed E-state index contributed by atoms with van der Waals surface area (Å²) in [5.74, 6) is -13.2. The van der Waals surface area contributed by atoms with Gasteiger partial charge in [0.05, 0.1) is 62.9 Å². The highest BCUT2D eigenvalue weighted by molar-refractivity contribution is 5.81. The van der Waals surface area contributed by atoms with Crippen LogP contribution in [0.4, 0.5) is 0 Å². The van der Waals surface area contributed by atoms with Crippen molar-refractivity contribution in [2.75, 3.05) is 33.0 Å². The Kier molecular flexibility index (Phi) is 43.7. The number of hydrogen-bond donors (Lipinski definition) is 18. The molecular formula is C69H125N3O26. The van der Waals surface area contributed by atoms with E-state index >= 15 is 0 Å². The summed E-state index contributed by atoms with van der Waals surface area (Å²) in [5.41, 5.74) is 0. The Morgan fingerprint density at radius 3 is 1.52 bits per heavy atom. The molecular weight excluding hydrogens is 1290 g/mol. The average Bonchev–Trinajstić information content (AvgIpc) is 0.746. The zero-order valence-electron chi connectivity index (χ0n) is 58.5. The summed E-state index contributed by atoms with van der Waals surface area (Å²) in [4.78, 5) is 65.9. The lowest BCUT2D eigenvalue weighted by molar-refractivity contribution is -0.365. The Morgan fingerprint density at radius 1 is 0.582 bits per heavy atom. The molecule has 3 aliphatic rings. The van der Waals surface area contributed by atoms with Crippen molar-refractivity contribution in [3.63, 3.8) is 0 Å². The molecule has 3 amide bonds. The topological polar surface area (TPSA) is 480 Å². The van der Waals surface area contributed by atoms with Crippen molar-refractivity contribution in [1.29, 1.82) is 0 Å². The van der Waals surface area contributed by atoms with Crippen LogP contribution in [0.1, 0.15) is 233 Å². The molecule has 3 heterocycles. The second-order valence-electron chi connectivity index (χ2n) is 27.5. The minimum Gasteiger partial charge on any atom is -0.477 e. The highest BCUT2D eigenvalue weighted by Gasteiger charge is 2.63. The summed E-state index contributed by atoms with van der Waals surface area (Å²) < 4.78 is 35.2. The fourth-order valence-electron chi connectivity index (χ4n) is 12.8. The number of aliphatic carboxylic acids is 2. The molecule has 0 aromatic rings. The molecule has 3 saturated heterocycles. The highest BCUT2D eigenvalue weighted by Crippen LogP contribution is 2.42. The largest absolute Gasteiger partial charge is 0.477 e. The monoisotopic (exact) mass is 1410 g/mol. The Balaban J connectivity index is 1.78. The Bertz CT molecular complexity index is 2240. The second kappa shape index (κ2) is 48.3. The van der Waals surface area contributed by atoms with E-state index in [-0.39, 0.29) is 6.42 Å². The molecule has 29 heteroatoms. The molecule has 20 atom stereocenters. The van der Waals surface area contributed by atoms with Crippen LogP contribution >= 0.6 is 0 Å². The number of hydrogen-bond acceptors (Lipinski definition) is 24. The smallest absolute Gasteiger partial charge is 0.364 e. The van der Waals surface area contributed by atoms with Crippen molar-refractivity contribution in [2.24, 2.45) is 5.92 Å². The van der Waals surface area contributed by atoms with E-state index in [0.717, 1.165) is 77.6 Å². The number of carboxylic acids is 2. The van der Waals surface area contributed by atoms with Gasteiger partial charge in [0.15, 0.2) is 6.29 Å². The van der Waals surface area contributed by atoms with E-state index in [2.05, 4.69) is 36.7 Å². The maximum atomic E-state index is 13.6. The van der Waals surface area contributed by atoms with E-state index in [9.17, 15) is 101 Å². The third kappa shape index (κ3) is 30.7. The van der Waals surface area contributed by atoms with E-state index in [1.54, 1.807) is 6.08 Å². The van der Waals surface area contributed by atoms with Gasteiger partial charge in [-0.05, 0) is 25.2 Å². The van der Waals surface area contributed by atoms with Crippen molar-refractivity contribution in [3.8, 4) is 0 Å². The maximum absolute atomic E-state index is 13.6. The lowest BCUT2D eigenvalue weighted by Crippen LogP contribution is -2.72. The predicted molar refractivity (Wildman–Crippen MR) is 356 cm³/mol. The first-order chi connectivity index (χ1) is 46.7. The van der Waals surface area contributed by atoms with Crippen LogP contribution in [0.3, 0.4) is 0 Å². The first-order valence-corrected chi connectivity index (χ1v) is 36.3. The van der Waals surface area contributed by atoms with Gasteiger partial charge in [-0.25, -0.2) is 9.59 Å². The SMILES string of the molecule is CCCCCCCCCCCCCCCCCCCCCCCC(O)C(=O)NC(COC1OC(COC2(C(=O)O)CC(OC3(C(=O)O)CC(O)C(NC(=O)CO)C(C(O)C(O)CO)O3)C(NC(C)=O)C(C(O)C(O)CO)O2)C(O)C(O)C1O)C(O)C=CCCCCCCCCC(C)C. The number of carbonyl (C=O) groups is 5. The second-order valence-corrected chi connectivity index (χ2v) is 27.5. The van der Waals surface area contributed by atoms with Gasteiger partial charge in [-0.1, -0.05) is 206 Å². The minimum absolute atomic E-state index is 0.119. The van der Waals surface area contributed by atoms with Crippen LogP contribution in [0, 0.1) is 5.92 Å². The molecule has 29 nitrogen and oxygen atoms in total. The third-order valence-electron chi connectivity index (χ3n) is 18.7. The van der Waals surface area contributed by atoms with Crippen LogP contribution in [0.5, 0.6) is 0 Å². The first-order valence-electron chi connectivity index (χ1n) is 36.3. The average molecular weight is 1410 g/mol.